The van der Waals surface area contributed by atoms with Crippen LogP contribution in [0.25, 0.3) is 0 Å². The number of rotatable bonds is 4. The highest BCUT2D eigenvalue weighted by molar-refractivity contribution is 14.1. The van der Waals surface area contributed by atoms with Gasteiger partial charge < -0.3 is 10.6 Å². The van der Waals surface area contributed by atoms with Crippen LogP contribution in [-0.2, 0) is 0 Å². The van der Waals surface area contributed by atoms with Crippen LogP contribution in [-0.4, -0.2) is 25.5 Å². The number of carbonyl (C=O) groups excluding carboxylic acids is 1. The average molecular weight is 429 g/mol. The van der Waals surface area contributed by atoms with E-state index in [1.54, 1.807) is 6.07 Å². The quantitative estimate of drug-likeness (QED) is 0.720. The molecule has 0 saturated carbocycles. The minimum absolute atomic E-state index is 0. The molecule has 0 aromatic heterocycles. The minimum Gasteiger partial charge on any atom is -0.352 e. The summed E-state index contributed by atoms with van der Waals surface area (Å²) in [6.07, 6.45) is 3.54. The lowest BCUT2D eigenvalue weighted by atomic mass is 9.96. The van der Waals surface area contributed by atoms with Gasteiger partial charge in [-0.1, -0.05) is 11.6 Å². The molecule has 1 amide bonds. The molecule has 1 atom stereocenters. The number of benzene rings is 1. The van der Waals surface area contributed by atoms with E-state index in [1.807, 2.05) is 12.1 Å². The van der Waals surface area contributed by atoms with E-state index in [0.717, 1.165) is 29.6 Å². The molecule has 1 heterocycles. The largest absolute Gasteiger partial charge is 0.352 e. The zero-order valence-electron chi connectivity index (χ0n) is 11.1. The lowest BCUT2D eigenvalue weighted by Crippen LogP contribution is -2.33. The molecular formula is C14H19Cl2IN2O. The fourth-order valence-corrected chi connectivity index (χ4v) is 2.82. The molecule has 1 aromatic carbocycles. The van der Waals surface area contributed by atoms with Crippen LogP contribution in [0.2, 0.25) is 5.02 Å². The van der Waals surface area contributed by atoms with Gasteiger partial charge in [-0.2, -0.15) is 0 Å². The van der Waals surface area contributed by atoms with Crippen LogP contribution in [0.5, 0.6) is 0 Å². The van der Waals surface area contributed by atoms with Crippen molar-refractivity contribution < 1.29 is 4.79 Å². The molecule has 1 fully saturated rings. The summed E-state index contributed by atoms with van der Waals surface area (Å²) in [5, 5.41) is 6.98. The Balaban J connectivity index is 0.00000200. The Bertz CT molecular complexity index is 451. The topological polar surface area (TPSA) is 41.1 Å². The van der Waals surface area contributed by atoms with Gasteiger partial charge in [0.2, 0.25) is 0 Å². The van der Waals surface area contributed by atoms with Crippen molar-refractivity contribution in [1.29, 1.82) is 0 Å². The summed E-state index contributed by atoms with van der Waals surface area (Å²) in [5.74, 6) is 0.649. The Hall–Kier alpha value is -0.0400. The fraction of sp³-hybridized carbons (Fsp3) is 0.500. The molecule has 1 aliphatic rings. The summed E-state index contributed by atoms with van der Waals surface area (Å²) >= 11 is 8.17. The summed E-state index contributed by atoms with van der Waals surface area (Å²) in [7, 11) is 0. The molecule has 1 aromatic rings. The zero-order chi connectivity index (χ0) is 13.7. The third-order valence-corrected chi connectivity index (χ3v) is 4.99. The first kappa shape index (κ1) is 18.0. The standard InChI is InChI=1S/C14H18ClIN2O.ClH/c15-12-8-11(3-4-13(12)16)14(19)18-7-5-10-2-1-6-17-9-10;/h3-4,8,10,17H,1-2,5-7,9H2,(H,18,19);1H. The second kappa shape index (κ2) is 9.07. The maximum atomic E-state index is 12.0. The predicted octanol–water partition coefficient (Wildman–Crippen LogP) is 3.49. The van der Waals surface area contributed by atoms with Gasteiger partial charge in [-0.25, -0.2) is 0 Å². The third-order valence-electron chi connectivity index (χ3n) is 3.42. The Labute approximate surface area is 144 Å². The second-order valence-electron chi connectivity index (χ2n) is 4.89. The number of hydrogen-bond donors (Lipinski definition) is 2. The summed E-state index contributed by atoms with van der Waals surface area (Å²) in [6, 6.07) is 5.40. The Morgan fingerprint density at radius 1 is 1.50 bits per heavy atom. The normalized spacial score (nSPS) is 18.2. The number of piperidine rings is 1. The first-order valence-electron chi connectivity index (χ1n) is 6.61. The van der Waals surface area contributed by atoms with E-state index in [0.29, 0.717) is 16.5 Å². The van der Waals surface area contributed by atoms with E-state index in [1.165, 1.54) is 12.8 Å². The highest BCUT2D eigenvalue weighted by Gasteiger charge is 2.13. The molecule has 1 aliphatic heterocycles. The average Bonchev–Trinajstić information content (AvgIpc) is 2.43. The fourth-order valence-electron chi connectivity index (χ4n) is 2.30. The van der Waals surface area contributed by atoms with Crippen molar-refractivity contribution in [1.82, 2.24) is 10.6 Å². The van der Waals surface area contributed by atoms with Crippen LogP contribution in [0.3, 0.4) is 0 Å². The van der Waals surface area contributed by atoms with Gasteiger partial charge in [-0.05, 0) is 79.1 Å². The Kier molecular flexibility index (Phi) is 8.17. The van der Waals surface area contributed by atoms with Gasteiger partial charge in [-0.15, -0.1) is 12.4 Å². The van der Waals surface area contributed by atoms with E-state index in [9.17, 15) is 4.79 Å². The second-order valence-corrected chi connectivity index (χ2v) is 6.46. The van der Waals surface area contributed by atoms with Crippen molar-refractivity contribution in [2.75, 3.05) is 19.6 Å². The van der Waals surface area contributed by atoms with Crippen molar-refractivity contribution in [2.45, 2.75) is 19.3 Å². The Morgan fingerprint density at radius 3 is 2.95 bits per heavy atom. The van der Waals surface area contributed by atoms with E-state index in [2.05, 4.69) is 33.2 Å². The number of carbonyl (C=O) groups is 1. The summed E-state index contributed by atoms with van der Waals surface area (Å²) in [5.41, 5.74) is 0.632. The van der Waals surface area contributed by atoms with Crippen molar-refractivity contribution in [3.8, 4) is 0 Å². The van der Waals surface area contributed by atoms with E-state index in [4.69, 9.17) is 11.6 Å². The molecule has 0 radical (unpaired) electrons. The lowest BCUT2D eigenvalue weighted by molar-refractivity contribution is 0.0950. The van der Waals surface area contributed by atoms with Crippen LogP contribution in [0.4, 0.5) is 0 Å². The lowest BCUT2D eigenvalue weighted by Gasteiger charge is -2.22. The molecule has 0 spiro atoms. The predicted molar refractivity (Wildman–Crippen MR) is 94.0 cm³/mol. The minimum atomic E-state index is -0.0398. The van der Waals surface area contributed by atoms with Gasteiger partial charge in [0, 0.05) is 15.7 Å². The molecule has 0 bridgehead atoms. The first-order chi connectivity index (χ1) is 9.16. The van der Waals surface area contributed by atoms with Gasteiger partial charge in [0.1, 0.15) is 0 Å². The smallest absolute Gasteiger partial charge is 0.251 e. The van der Waals surface area contributed by atoms with E-state index >= 15 is 0 Å². The SMILES string of the molecule is Cl.O=C(NCCC1CCCNC1)c1ccc(I)c(Cl)c1. The zero-order valence-corrected chi connectivity index (χ0v) is 14.9. The van der Waals surface area contributed by atoms with Crippen LogP contribution < -0.4 is 10.6 Å². The summed E-state index contributed by atoms with van der Waals surface area (Å²) in [6.45, 7) is 2.93. The van der Waals surface area contributed by atoms with E-state index < -0.39 is 0 Å². The Morgan fingerprint density at radius 2 is 2.30 bits per heavy atom. The number of halogens is 3. The van der Waals surface area contributed by atoms with Crippen molar-refractivity contribution in [3.05, 3.63) is 32.4 Å². The van der Waals surface area contributed by atoms with Crippen molar-refractivity contribution >= 4 is 52.5 Å². The van der Waals surface area contributed by atoms with Crippen LogP contribution in [0, 0.1) is 9.49 Å². The first-order valence-corrected chi connectivity index (χ1v) is 8.06. The molecule has 20 heavy (non-hydrogen) atoms. The monoisotopic (exact) mass is 428 g/mol. The molecular weight excluding hydrogens is 410 g/mol. The van der Waals surface area contributed by atoms with Gasteiger partial charge in [0.25, 0.3) is 5.91 Å². The van der Waals surface area contributed by atoms with Gasteiger partial charge in [0.05, 0.1) is 5.02 Å². The molecule has 0 aliphatic carbocycles. The maximum Gasteiger partial charge on any atom is 0.251 e. The molecule has 6 heteroatoms. The van der Waals surface area contributed by atoms with Crippen molar-refractivity contribution in [3.63, 3.8) is 0 Å². The highest BCUT2D eigenvalue weighted by atomic mass is 127. The molecule has 1 saturated heterocycles. The molecule has 2 N–H and O–H groups in total. The number of hydrogen-bond acceptors (Lipinski definition) is 2. The van der Waals surface area contributed by atoms with Gasteiger partial charge >= 0.3 is 0 Å². The van der Waals surface area contributed by atoms with Gasteiger partial charge in [-0.3, -0.25) is 4.79 Å². The number of nitrogens with one attached hydrogen (secondary N) is 2. The third kappa shape index (κ3) is 5.39. The van der Waals surface area contributed by atoms with Gasteiger partial charge in [0.15, 0.2) is 0 Å². The van der Waals surface area contributed by atoms with Crippen LogP contribution >= 0.6 is 46.6 Å². The molecule has 112 valence electrons. The maximum absolute atomic E-state index is 12.0. The van der Waals surface area contributed by atoms with Crippen molar-refractivity contribution in [2.24, 2.45) is 5.92 Å². The van der Waals surface area contributed by atoms with Crippen LogP contribution in [0.15, 0.2) is 18.2 Å². The molecule has 1 unspecified atom stereocenters. The number of amides is 1. The molecule has 3 nitrogen and oxygen atoms in total. The van der Waals surface area contributed by atoms with E-state index in [-0.39, 0.29) is 18.3 Å². The highest BCUT2D eigenvalue weighted by Crippen LogP contribution is 2.19. The van der Waals surface area contributed by atoms with Crippen LogP contribution in [0.1, 0.15) is 29.6 Å². The summed E-state index contributed by atoms with van der Waals surface area (Å²) in [4.78, 5) is 12.0. The summed E-state index contributed by atoms with van der Waals surface area (Å²) < 4.78 is 0.962. The molecule has 2 rings (SSSR count).